The van der Waals surface area contributed by atoms with Crippen LogP contribution in [0.4, 0.5) is 13.2 Å². The molecular weight excluding hydrogens is 153 g/mol. The first kappa shape index (κ1) is 10.5. The van der Waals surface area contributed by atoms with Crippen LogP contribution in [0.3, 0.4) is 0 Å². The number of rotatable bonds is 2. The monoisotopic (exact) mass is 166 g/mol. The molecule has 1 atom stereocenters. The number of hydrogen-bond acceptors (Lipinski definition) is 0. The topological polar surface area (TPSA) is 0 Å². The van der Waals surface area contributed by atoms with Crippen molar-refractivity contribution in [3.05, 3.63) is 12.7 Å². The second-order valence-electron chi connectivity index (χ2n) is 3.29. The third-order valence-corrected chi connectivity index (χ3v) is 2.13. The summed E-state index contributed by atoms with van der Waals surface area (Å²) in [5.74, 6) is -1.34. The van der Waals surface area contributed by atoms with Gasteiger partial charge in [0.15, 0.2) is 0 Å². The minimum absolute atomic E-state index is 0.877. The zero-order chi connectivity index (χ0) is 9.28. The summed E-state index contributed by atoms with van der Waals surface area (Å²) >= 11 is 0. The van der Waals surface area contributed by atoms with Crippen molar-refractivity contribution in [2.75, 3.05) is 0 Å². The van der Waals surface area contributed by atoms with E-state index in [9.17, 15) is 13.2 Å². The fourth-order valence-electron chi connectivity index (χ4n) is 0.599. The van der Waals surface area contributed by atoms with Gasteiger partial charge in [-0.15, -0.1) is 6.58 Å². The summed E-state index contributed by atoms with van der Waals surface area (Å²) in [6.07, 6.45) is -2.79. The summed E-state index contributed by atoms with van der Waals surface area (Å²) in [5.41, 5.74) is -0.877. The molecule has 0 radical (unpaired) electrons. The average Bonchev–Trinajstić information content (AvgIpc) is 1.84. The highest BCUT2D eigenvalue weighted by atomic mass is 19.4. The molecular formula is C8H13F3. The zero-order valence-electron chi connectivity index (χ0n) is 7.00. The van der Waals surface area contributed by atoms with Crippen molar-refractivity contribution in [2.24, 2.45) is 11.3 Å². The first-order valence-electron chi connectivity index (χ1n) is 3.42. The Morgan fingerprint density at radius 2 is 1.64 bits per heavy atom. The van der Waals surface area contributed by atoms with Crippen molar-refractivity contribution < 1.29 is 13.2 Å². The van der Waals surface area contributed by atoms with Gasteiger partial charge in [-0.25, -0.2) is 0 Å². The van der Waals surface area contributed by atoms with Crippen LogP contribution in [0.25, 0.3) is 0 Å². The van der Waals surface area contributed by atoms with Gasteiger partial charge in [0, 0.05) is 0 Å². The van der Waals surface area contributed by atoms with E-state index in [0.29, 0.717) is 0 Å². The Labute approximate surface area is 65.1 Å². The summed E-state index contributed by atoms with van der Waals surface area (Å²) in [5, 5.41) is 0. The van der Waals surface area contributed by atoms with Gasteiger partial charge >= 0.3 is 6.18 Å². The van der Waals surface area contributed by atoms with Gasteiger partial charge in [0.05, 0.1) is 5.92 Å². The molecule has 0 rings (SSSR count). The van der Waals surface area contributed by atoms with Gasteiger partial charge in [0.25, 0.3) is 0 Å². The molecule has 0 saturated heterocycles. The molecule has 0 saturated carbocycles. The van der Waals surface area contributed by atoms with E-state index >= 15 is 0 Å². The van der Waals surface area contributed by atoms with E-state index in [0.717, 1.165) is 0 Å². The Balaban J connectivity index is 4.48. The average molecular weight is 166 g/mol. The summed E-state index contributed by atoms with van der Waals surface area (Å²) in [6.45, 7) is 7.59. The summed E-state index contributed by atoms with van der Waals surface area (Å²) in [7, 11) is 0. The Morgan fingerprint density at radius 1 is 1.27 bits per heavy atom. The third-order valence-electron chi connectivity index (χ3n) is 2.13. The lowest BCUT2D eigenvalue weighted by Crippen LogP contribution is -2.32. The number of alkyl halides is 3. The second-order valence-corrected chi connectivity index (χ2v) is 3.29. The first-order valence-corrected chi connectivity index (χ1v) is 3.42. The highest BCUT2D eigenvalue weighted by Gasteiger charge is 2.43. The van der Waals surface area contributed by atoms with Crippen LogP contribution in [-0.4, -0.2) is 6.18 Å². The van der Waals surface area contributed by atoms with E-state index in [1.165, 1.54) is 26.8 Å². The predicted octanol–water partition coefficient (Wildman–Crippen LogP) is 3.40. The van der Waals surface area contributed by atoms with Gasteiger partial charge in [-0.3, -0.25) is 0 Å². The zero-order valence-corrected chi connectivity index (χ0v) is 7.00. The minimum atomic E-state index is -4.13. The highest BCUT2D eigenvalue weighted by Crippen LogP contribution is 2.39. The maximum atomic E-state index is 12.1. The lowest BCUT2D eigenvalue weighted by Gasteiger charge is -2.29. The molecule has 0 aliphatic rings. The molecule has 0 spiro atoms. The molecule has 0 aliphatic heterocycles. The summed E-state index contributed by atoms with van der Waals surface area (Å²) < 4.78 is 36.3. The van der Waals surface area contributed by atoms with E-state index in [1.807, 2.05) is 0 Å². The van der Waals surface area contributed by atoms with E-state index in [2.05, 4.69) is 6.58 Å². The van der Waals surface area contributed by atoms with Gasteiger partial charge in [-0.2, -0.15) is 13.2 Å². The fourth-order valence-corrected chi connectivity index (χ4v) is 0.599. The molecule has 0 nitrogen and oxygen atoms in total. The molecule has 0 fully saturated rings. The van der Waals surface area contributed by atoms with Crippen molar-refractivity contribution in [2.45, 2.75) is 26.9 Å². The van der Waals surface area contributed by atoms with Crippen molar-refractivity contribution >= 4 is 0 Å². The van der Waals surface area contributed by atoms with Crippen molar-refractivity contribution in [3.8, 4) is 0 Å². The van der Waals surface area contributed by atoms with Crippen molar-refractivity contribution in [3.63, 3.8) is 0 Å². The summed E-state index contributed by atoms with van der Waals surface area (Å²) in [4.78, 5) is 0. The summed E-state index contributed by atoms with van der Waals surface area (Å²) in [6, 6.07) is 0. The molecule has 0 aromatic heterocycles. The third kappa shape index (κ3) is 2.56. The van der Waals surface area contributed by atoms with E-state index in [1.54, 1.807) is 0 Å². The predicted molar refractivity (Wildman–Crippen MR) is 39.2 cm³/mol. The van der Waals surface area contributed by atoms with Crippen LogP contribution in [0, 0.1) is 11.3 Å². The van der Waals surface area contributed by atoms with E-state index in [4.69, 9.17) is 0 Å². The lowest BCUT2D eigenvalue weighted by atomic mass is 9.80. The number of hydrogen-bond donors (Lipinski definition) is 0. The second kappa shape index (κ2) is 2.88. The smallest absolute Gasteiger partial charge is 0.171 e. The Morgan fingerprint density at radius 3 is 1.73 bits per heavy atom. The van der Waals surface area contributed by atoms with Crippen LogP contribution in [0.1, 0.15) is 20.8 Å². The van der Waals surface area contributed by atoms with Crippen LogP contribution in [0.5, 0.6) is 0 Å². The van der Waals surface area contributed by atoms with Gasteiger partial charge in [0.2, 0.25) is 0 Å². The van der Waals surface area contributed by atoms with Gasteiger partial charge in [-0.05, 0) is 5.41 Å². The minimum Gasteiger partial charge on any atom is -0.171 e. The normalized spacial score (nSPS) is 16.2. The Kier molecular flexibility index (Phi) is 2.75. The fraction of sp³-hybridized carbons (Fsp3) is 0.750. The molecule has 11 heavy (non-hydrogen) atoms. The van der Waals surface area contributed by atoms with Gasteiger partial charge in [-0.1, -0.05) is 26.8 Å². The molecule has 1 unspecified atom stereocenters. The molecule has 0 N–H and O–H groups in total. The molecule has 0 bridgehead atoms. The van der Waals surface area contributed by atoms with Gasteiger partial charge < -0.3 is 0 Å². The number of halogens is 3. The molecule has 66 valence electrons. The van der Waals surface area contributed by atoms with Crippen LogP contribution >= 0.6 is 0 Å². The van der Waals surface area contributed by atoms with Crippen molar-refractivity contribution in [1.29, 1.82) is 0 Å². The lowest BCUT2D eigenvalue weighted by molar-refractivity contribution is -0.190. The quantitative estimate of drug-likeness (QED) is 0.551. The van der Waals surface area contributed by atoms with Crippen LogP contribution in [-0.2, 0) is 0 Å². The molecule has 0 aliphatic carbocycles. The SMILES string of the molecule is C=CC(C)(C)C(C)C(F)(F)F. The van der Waals surface area contributed by atoms with E-state index < -0.39 is 17.5 Å². The van der Waals surface area contributed by atoms with E-state index in [-0.39, 0.29) is 0 Å². The first-order chi connectivity index (χ1) is 4.72. The molecule has 0 aromatic rings. The maximum Gasteiger partial charge on any atom is 0.392 e. The standard InChI is InChI=1S/C8H13F3/c1-5-7(3,4)6(2)8(9,10)11/h5-6H,1H2,2-4H3. The molecule has 0 heterocycles. The Hall–Kier alpha value is -0.470. The molecule has 3 heteroatoms. The molecule has 0 aromatic carbocycles. The van der Waals surface area contributed by atoms with Crippen LogP contribution in [0.2, 0.25) is 0 Å². The highest BCUT2D eigenvalue weighted by molar-refractivity contribution is 4.93. The van der Waals surface area contributed by atoms with Crippen LogP contribution < -0.4 is 0 Å². The largest absolute Gasteiger partial charge is 0.392 e. The number of allylic oxidation sites excluding steroid dienone is 1. The molecule has 0 amide bonds. The Bertz CT molecular complexity index is 144. The van der Waals surface area contributed by atoms with Crippen LogP contribution in [0.15, 0.2) is 12.7 Å². The van der Waals surface area contributed by atoms with Gasteiger partial charge in [0.1, 0.15) is 0 Å². The van der Waals surface area contributed by atoms with Crippen molar-refractivity contribution in [1.82, 2.24) is 0 Å². The maximum absolute atomic E-state index is 12.1.